The number of aliphatic hydroxyl groups is 1. The number of nitrogens with zero attached hydrogens (tertiary/aromatic N) is 2. The fraction of sp³-hybridized carbons (Fsp3) is 0.538. The fourth-order valence-electron chi connectivity index (χ4n) is 3.98. The average molecular weight is 486 g/mol. The van der Waals surface area contributed by atoms with Gasteiger partial charge < -0.3 is 24.8 Å². The number of pyridine rings is 1. The second-order valence-corrected chi connectivity index (χ2v) is 10.3. The van der Waals surface area contributed by atoms with Crippen LogP contribution in [0, 0.1) is 5.92 Å². The lowest BCUT2D eigenvalue weighted by atomic mass is 10.0. The second kappa shape index (κ2) is 11.1. The first-order chi connectivity index (χ1) is 16.4. The molecule has 1 saturated heterocycles. The Hall–Kier alpha value is -3.04. The Morgan fingerprint density at radius 3 is 2.54 bits per heavy atom. The highest BCUT2D eigenvalue weighted by Gasteiger charge is 2.38. The van der Waals surface area contributed by atoms with Gasteiger partial charge in [0.2, 0.25) is 5.91 Å². The zero-order valence-corrected chi connectivity index (χ0v) is 21.0. The van der Waals surface area contributed by atoms with E-state index in [1.165, 1.54) is 4.90 Å². The molecule has 3 atom stereocenters. The van der Waals surface area contributed by atoms with Gasteiger partial charge >= 0.3 is 5.97 Å². The van der Waals surface area contributed by atoms with Gasteiger partial charge in [0.25, 0.3) is 5.91 Å². The van der Waals surface area contributed by atoms with E-state index in [1.54, 1.807) is 26.8 Å². The Labute approximate surface area is 205 Å². The standard InChI is InChI=1S/C26H35N3O6/c1-16(2)12-20(28-24(32)19-11-10-17-8-6-7-9-18(17)27-19)25(33)29-13-21(30)22(14-29)34-15-23(31)35-26(3,4)5/h6-11,16,20-22,30H,12-15H2,1-5H3,(H,28,32)/t20-,21?,22?/m0/s1. The van der Waals surface area contributed by atoms with Crippen LogP contribution in [-0.4, -0.2) is 76.3 Å². The van der Waals surface area contributed by atoms with Crippen molar-refractivity contribution in [1.29, 1.82) is 0 Å². The summed E-state index contributed by atoms with van der Waals surface area (Å²) < 4.78 is 10.8. The summed E-state index contributed by atoms with van der Waals surface area (Å²) in [5.41, 5.74) is 0.281. The Morgan fingerprint density at radius 2 is 1.86 bits per heavy atom. The summed E-state index contributed by atoms with van der Waals surface area (Å²) in [5.74, 6) is -1.15. The number of fused-ring (bicyclic) bond motifs is 1. The molecule has 2 heterocycles. The molecule has 9 heteroatoms. The SMILES string of the molecule is CC(C)C[C@H](NC(=O)c1ccc2ccccc2n1)C(=O)N1CC(O)C(OCC(=O)OC(C)(C)C)C1. The molecule has 1 aliphatic rings. The number of hydrogen-bond acceptors (Lipinski definition) is 7. The van der Waals surface area contributed by atoms with Gasteiger partial charge in [-0.3, -0.25) is 9.59 Å². The minimum Gasteiger partial charge on any atom is -0.458 e. The van der Waals surface area contributed by atoms with Crippen molar-refractivity contribution in [2.45, 2.75) is 64.9 Å². The number of ether oxygens (including phenoxy) is 2. The molecular formula is C26H35N3O6. The lowest BCUT2D eigenvalue weighted by Crippen LogP contribution is -2.49. The number of β-amino-alcohol motifs (C(OH)–C–C–N with tert-alkyl or cyclic N) is 1. The van der Waals surface area contributed by atoms with Crippen molar-refractivity contribution < 1.29 is 29.0 Å². The van der Waals surface area contributed by atoms with Crippen molar-refractivity contribution in [3.63, 3.8) is 0 Å². The number of nitrogens with one attached hydrogen (secondary N) is 1. The van der Waals surface area contributed by atoms with E-state index in [4.69, 9.17) is 9.47 Å². The maximum Gasteiger partial charge on any atom is 0.332 e. The van der Waals surface area contributed by atoms with Crippen molar-refractivity contribution in [3.8, 4) is 0 Å². The van der Waals surface area contributed by atoms with Crippen molar-refractivity contribution in [1.82, 2.24) is 15.2 Å². The smallest absolute Gasteiger partial charge is 0.332 e. The largest absolute Gasteiger partial charge is 0.458 e. The molecule has 1 fully saturated rings. The molecule has 2 N–H and O–H groups in total. The van der Waals surface area contributed by atoms with Crippen LogP contribution in [0.5, 0.6) is 0 Å². The van der Waals surface area contributed by atoms with Crippen LogP contribution < -0.4 is 5.32 Å². The fourth-order valence-corrected chi connectivity index (χ4v) is 3.98. The van der Waals surface area contributed by atoms with Gasteiger partial charge in [-0.1, -0.05) is 38.1 Å². The quantitative estimate of drug-likeness (QED) is 0.551. The van der Waals surface area contributed by atoms with Gasteiger partial charge in [0.15, 0.2) is 0 Å². The zero-order valence-electron chi connectivity index (χ0n) is 21.0. The topological polar surface area (TPSA) is 118 Å². The van der Waals surface area contributed by atoms with Crippen LogP contribution in [-0.2, 0) is 19.1 Å². The number of carbonyl (C=O) groups is 3. The van der Waals surface area contributed by atoms with Crippen LogP contribution in [0.15, 0.2) is 36.4 Å². The number of para-hydroxylation sites is 1. The van der Waals surface area contributed by atoms with Gasteiger partial charge in [-0.25, -0.2) is 9.78 Å². The lowest BCUT2D eigenvalue weighted by Gasteiger charge is -2.25. The van der Waals surface area contributed by atoms with Crippen LogP contribution in [0.2, 0.25) is 0 Å². The van der Waals surface area contributed by atoms with E-state index in [9.17, 15) is 19.5 Å². The molecule has 190 valence electrons. The molecule has 0 spiro atoms. The van der Waals surface area contributed by atoms with Crippen molar-refractivity contribution in [3.05, 3.63) is 42.1 Å². The molecule has 0 radical (unpaired) electrons. The predicted octanol–water partition coefficient (Wildman–Crippen LogP) is 2.31. The number of aromatic nitrogens is 1. The summed E-state index contributed by atoms with van der Waals surface area (Å²) in [6, 6.07) is 10.2. The van der Waals surface area contributed by atoms with Crippen LogP contribution in [0.1, 0.15) is 51.5 Å². The highest BCUT2D eigenvalue weighted by Crippen LogP contribution is 2.19. The Balaban J connectivity index is 1.64. The molecule has 2 amide bonds. The lowest BCUT2D eigenvalue weighted by molar-refractivity contribution is -0.163. The predicted molar refractivity (Wildman–Crippen MR) is 131 cm³/mol. The number of likely N-dealkylation sites (tertiary alicyclic amines) is 1. The van der Waals surface area contributed by atoms with Gasteiger partial charge in [-0.05, 0) is 45.2 Å². The third-order valence-electron chi connectivity index (χ3n) is 5.53. The molecule has 2 unspecified atom stereocenters. The molecule has 0 bridgehead atoms. The Morgan fingerprint density at radius 1 is 1.14 bits per heavy atom. The summed E-state index contributed by atoms with van der Waals surface area (Å²) in [6.07, 6.45) is -1.24. The molecule has 1 aromatic heterocycles. The van der Waals surface area contributed by atoms with Gasteiger partial charge in [0.1, 0.15) is 30.0 Å². The van der Waals surface area contributed by atoms with Crippen molar-refractivity contribution >= 4 is 28.7 Å². The minimum absolute atomic E-state index is 0.0521. The first-order valence-corrected chi connectivity index (χ1v) is 11.9. The van der Waals surface area contributed by atoms with Gasteiger partial charge in [-0.15, -0.1) is 0 Å². The molecule has 3 rings (SSSR count). The second-order valence-electron chi connectivity index (χ2n) is 10.3. The molecule has 35 heavy (non-hydrogen) atoms. The van der Waals surface area contributed by atoms with E-state index >= 15 is 0 Å². The zero-order chi connectivity index (χ0) is 25.8. The van der Waals surface area contributed by atoms with E-state index in [1.807, 2.05) is 44.2 Å². The number of esters is 1. The molecule has 2 aromatic rings. The number of benzene rings is 1. The maximum absolute atomic E-state index is 13.3. The van der Waals surface area contributed by atoms with Gasteiger partial charge in [0.05, 0.1) is 11.6 Å². The van der Waals surface area contributed by atoms with E-state index in [-0.39, 0.29) is 37.2 Å². The molecule has 9 nitrogen and oxygen atoms in total. The van der Waals surface area contributed by atoms with Crippen LogP contribution >= 0.6 is 0 Å². The first-order valence-electron chi connectivity index (χ1n) is 11.9. The van der Waals surface area contributed by atoms with E-state index in [0.717, 1.165) is 5.39 Å². The summed E-state index contributed by atoms with van der Waals surface area (Å²) in [7, 11) is 0. The Bertz CT molecular complexity index is 1060. The summed E-state index contributed by atoms with van der Waals surface area (Å²) in [4.78, 5) is 44.1. The van der Waals surface area contributed by atoms with Crippen LogP contribution in [0.3, 0.4) is 0 Å². The molecule has 1 aromatic carbocycles. The molecule has 1 aliphatic heterocycles. The number of aliphatic hydroxyl groups excluding tert-OH is 1. The Kier molecular flexibility index (Phi) is 8.45. The molecule has 0 aliphatic carbocycles. The highest BCUT2D eigenvalue weighted by atomic mass is 16.6. The maximum atomic E-state index is 13.3. The van der Waals surface area contributed by atoms with E-state index in [2.05, 4.69) is 10.3 Å². The van der Waals surface area contributed by atoms with Crippen molar-refractivity contribution in [2.75, 3.05) is 19.7 Å². The van der Waals surface area contributed by atoms with Gasteiger partial charge in [-0.2, -0.15) is 0 Å². The van der Waals surface area contributed by atoms with E-state index in [0.29, 0.717) is 11.9 Å². The van der Waals surface area contributed by atoms with Crippen LogP contribution in [0.25, 0.3) is 10.9 Å². The highest BCUT2D eigenvalue weighted by molar-refractivity contribution is 5.97. The summed E-state index contributed by atoms with van der Waals surface area (Å²) in [5, 5.41) is 14.2. The third kappa shape index (κ3) is 7.47. The van der Waals surface area contributed by atoms with E-state index < -0.39 is 35.7 Å². The molecule has 0 saturated carbocycles. The monoisotopic (exact) mass is 485 g/mol. The third-order valence-corrected chi connectivity index (χ3v) is 5.53. The number of amides is 2. The van der Waals surface area contributed by atoms with Crippen molar-refractivity contribution in [2.24, 2.45) is 5.92 Å². The number of carbonyl (C=O) groups excluding carboxylic acids is 3. The summed E-state index contributed by atoms with van der Waals surface area (Å²) in [6.45, 7) is 9.04. The van der Waals surface area contributed by atoms with Crippen LogP contribution in [0.4, 0.5) is 0 Å². The van der Waals surface area contributed by atoms with Gasteiger partial charge in [0, 0.05) is 18.5 Å². The summed E-state index contributed by atoms with van der Waals surface area (Å²) >= 11 is 0. The average Bonchev–Trinajstić information content (AvgIpc) is 3.15. The number of rotatable bonds is 8. The first kappa shape index (κ1) is 26.6. The normalized spacial score (nSPS) is 19.1. The molecular weight excluding hydrogens is 450 g/mol. The number of hydrogen-bond donors (Lipinski definition) is 2. The minimum atomic E-state index is -0.945.